The van der Waals surface area contributed by atoms with Crippen molar-refractivity contribution in [2.24, 2.45) is 5.92 Å². The third-order valence-electron chi connectivity index (χ3n) is 3.84. The molecule has 2 aromatic rings. The summed E-state index contributed by atoms with van der Waals surface area (Å²) < 4.78 is 38.7. The molecule has 140 valence electrons. The predicted octanol–water partition coefficient (Wildman–Crippen LogP) is 4.26. The molecule has 2 rings (SSSR count). The molecule has 0 radical (unpaired) electrons. The van der Waals surface area contributed by atoms with Gasteiger partial charge < -0.3 is 10.6 Å². The maximum absolute atomic E-state index is 12.9. The maximum atomic E-state index is 12.9. The summed E-state index contributed by atoms with van der Waals surface area (Å²) >= 11 is 5.98. The number of nitrogens with one attached hydrogen (secondary N) is 1. The summed E-state index contributed by atoms with van der Waals surface area (Å²) in [7, 11) is 0. The van der Waals surface area contributed by atoms with Crippen molar-refractivity contribution in [3.8, 4) is 0 Å². The molecule has 0 aromatic heterocycles. The number of quaternary nitrogens is 1. The molecule has 1 amide bonds. The molecule has 0 unspecified atom stereocenters. The van der Waals surface area contributed by atoms with Crippen molar-refractivity contribution >= 4 is 23.2 Å². The van der Waals surface area contributed by atoms with Gasteiger partial charge in [-0.3, -0.25) is 4.79 Å². The second-order valence-electron chi connectivity index (χ2n) is 6.44. The normalized spacial score (nSPS) is 12.9. The van der Waals surface area contributed by atoms with Crippen LogP contribution in [0.15, 0.2) is 48.5 Å². The molecule has 0 aliphatic heterocycles. The molecule has 1 atom stereocenters. The van der Waals surface area contributed by atoms with Crippen LogP contribution >= 0.6 is 11.6 Å². The molecule has 3 N–H and O–H groups in total. The molecule has 26 heavy (non-hydrogen) atoms. The molecular formula is C19H21ClF3N2O+. The Bertz CT molecular complexity index is 748. The van der Waals surface area contributed by atoms with Gasteiger partial charge in [-0.05, 0) is 18.2 Å². The van der Waals surface area contributed by atoms with Gasteiger partial charge >= 0.3 is 6.18 Å². The Morgan fingerprint density at radius 3 is 2.38 bits per heavy atom. The zero-order valence-corrected chi connectivity index (χ0v) is 15.2. The van der Waals surface area contributed by atoms with Crippen molar-refractivity contribution in [2.75, 3.05) is 11.9 Å². The second kappa shape index (κ2) is 8.56. The van der Waals surface area contributed by atoms with Crippen LogP contribution in [-0.2, 0) is 11.0 Å². The van der Waals surface area contributed by atoms with Gasteiger partial charge in [-0.25, -0.2) is 0 Å². The van der Waals surface area contributed by atoms with E-state index in [1.54, 1.807) is 0 Å². The summed E-state index contributed by atoms with van der Waals surface area (Å²) in [5.41, 5.74) is -0.140. The van der Waals surface area contributed by atoms with E-state index in [1.165, 1.54) is 0 Å². The number of amides is 1. The molecule has 7 heteroatoms. The summed E-state index contributed by atoms with van der Waals surface area (Å²) in [6.07, 6.45) is -4.51. The highest BCUT2D eigenvalue weighted by Crippen LogP contribution is 2.34. The highest BCUT2D eigenvalue weighted by Gasteiger charge is 2.32. The molecule has 0 bridgehead atoms. The van der Waals surface area contributed by atoms with Gasteiger partial charge in [0.25, 0.3) is 5.91 Å². The Kier molecular flexibility index (Phi) is 6.67. The van der Waals surface area contributed by atoms with Gasteiger partial charge in [0.2, 0.25) is 0 Å². The third kappa shape index (κ3) is 5.47. The minimum Gasteiger partial charge on any atom is -0.332 e. The van der Waals surface area contributed by atoms with Crippen LogP contribution in [0.4, 0.5) is 18.9 Å². The quantitative estimate of drug-likeness (QED) is 0.766. The fourth-order valence-electron chi connectivity index (χ4n) is 2.47. The zero-order chi connectivity index (χ0) is 19.3. The minimum atomic E-state index is -4.51. The fraction of sp³-hybridized carbons (Fsp3) is 0.316. The van der Waals surface area contributed by atoms with E-state index in [0.29, 0.717) is 12.5 Å². The lowest BCUT2D eigenvalue weighted by molar-refractivity contribution is -0.686. The van der Waals surface area contributed by atoms with Crippen molar-refractivity contribution in [1.82, 2.24) is 0 Å². The number of benzene rings is 2. The van der Waals surface area contributed by atoms with E-state index in [1.807, 2.05) is 49.5 Å². The van der Waals surface area contributed by atoms with Gasteiger partial charge in [-0.2, -0.15) is 13.2 Å². The lowest BCUT2D eigenvalue weighted by Crippen LogP contribution is -2.88. The first kappa shape index (κ1) is 20.3. The molecule has 0 spiro atoms. The molecule has 2 aromatic carbocycles. The molecular weight excluding hydrogens is 365 g/mol. The first-order valence-electron chi connectivity index (χ1n) is 8.24. The van der Waals surface area contributed by atoms with Crippen LogP contribution < -0.4 is 10.6 Å². The number of nitrogens with two attached hydrogens (primary N) is 1. The lowest BCUT2D eigenvalue weighted by atomic mass is 10.0. The number of rotatable bonds is 6. The Balaban J connectivity index is 2.26. The van der Waals surface area contributed by atoms with E-state index in [0.717, 1.165) is 23.8 Å². The second-order valence-corrected chi connectivity index (χ2v) is 6.84. The summed E-state index contributed by atoms with van der Waals surface area (Å²) in [6.45, 7) is 4.75. The maximum Gasteiger partial charge on any atom is 0.416 e. The summed E-state index contributed by atoms with van der Waals surface area (Å²) in [5, 5.41) is 4.47. The molecule has 0 aliphatic rings. The van der Waals surface area contributed by atoms with E-state index in [4.69, 9.17) is 11.6 Å². The first-order chi connectivity index (χ1) is 12.2. The molecule has 0 heterocycles. The summed E-state index contributed by atoms with van der Waals surface area (Å²) in [5.74, 6) is -0.0655. The average Bonchev–Trinajstić information content (AvgIpc) is 2.56. The largest absolute Gasteiger partial charge is 0.416 e. The highest BCUT2D eigenvalue weighted by atomic mass is 35.5. The molecule has 0 saturated heterocycles. The number of hydrogen-bond donors (Lipinski definition) is 2. The Labute approximate surface area is 155 Å². The van der Waals surface area contributed by atoms with Gasteiger partial charge in [0.05, 0.1) is 22.8 Å². The Hall–Kier alpha value is -2.05. The molecule has 0 saturated carbocycles. The topological polar surface area (TPSA) is 45.7 Å². The van der Waals surface area contributed by atoms with Crippen molar-refractivity contribution in [3.05, 3.63) is 64.7 Å². The fourth-order valence-corrected chi connectivity index (χ4v) is 2.64. The molecule has 3 nitrogen and oxygen atoms in total. The van der Waals surface area contributed by atoms with Crippen molar-refractivity contribution in [1.29, 1.82) is 0 Å². The smallest absolute Gasteiger partial charge is 0.332 e. The van der Waals surface area contributed by atoms with Gasteiger partial charge in [-0.15, -0.1) is 0 Å². The van der Waals surface area contributed by atoms with Crippen LogP contribution in [0.1, 0.15) is 31.0 Å². The van der Waals surface area contributed by atoms with Crippen molar-refractivity contribution < 1.29 is 23.3 Å². The van der Waals surface area contributed by atoms with E-state index in [-0.39, 0.29) is 10.7 Å². The van der Waals surface area contributed by atoms with E-state index in [2.05, 4.69) is 5.32 Å². The van der Waals surface area contributed by atoms with Crippen LogP contribution in [0.5, 0.6) is 0 Å². The molecule has 0 fully saturated rings. The van der Waals surface area contributed by atoms with Gasteiger partial charge in [0.15, 0.2) is 6.04 Å². The number of alkyl halides is 3. The number of carbonyl (C=O) groups is 1. The zero-order valence-electron chi connectivity index (χ0n) is 14.5. The molecule has 0 aliphatic carbocycles. The number of anilines is 1. The van der Waals surface area contributed by atoms with Gasteiger partial charge in [0, 0.05) is 11.5 Å². The SMILES string of the molecule is CC(C)C[NH2+][C@@H](C(=O)Nc1cc(C(F)(F)F)ccc1Cl)c1ccccc1. The van der Waals surface area contributed by atoms with Crippen LogP contribution in [0.25, 0.3) is 0 Å². The van der Waals surface area contributed by atoms with Crippen LogP contribution in [0.2, 0.25) is 5.02 Å². The first-order valence-corrected chi connectivity index (χ1v) is 8.62. The number of hydrogen-bond acceptors (Lipinski definition) is 1. The Morgan fingerprint density at radius 1 is 1.15 bits per heavy atom. The number of carbonyl (C=O) groups excluding carboxylic acids is 1. The third-order valence-corrected chi connectivity index (χ3v) is 4.17. The van der Waals surface area contributed by atoms with Crippen molar-refractivity contribution in [2.45, 2.75) is 26.1 Å². The average molecular weight is 386 g/mol. The number of halogens is 4. The van der Waals surface area contributed by atoms with Crippen LogP contribution in [-0.4, -0.2) is 12.5 Å². The van der Waals surface area contributed by atoms with Crippen LogP contribution in [0.3, 0.4) is 0 Å². The minimum absolute atomic E-state index is 0.0506. The predicted molar refractivity (Wildman–Crippen MR) is 95.9 cm³/mol. The Morgan fingerprint density at radius 2 is 1.81 bits per heavy atom. The van der Waals surface area contributed by atoms with E-state index in [9.17, 15) is 18.0 Å². The standard InChI is InChI=1S/C19H20ClF3N2O/c1-12(2)11-24-17(13-6-4-3-5-7-13)18(26)25-16-10-14(19(21,22)23)8-9-15(16)20/h3-10,12,17,24H,11H2,1-2H3,(H,25,26)/p+1/t17-/m1/s1. The van der Waals surface area contributed by atoms with Gasteiger partial charge in [-0.1, -0.05) is 55.8 Å². The van der Waals surface area contributed by atoms with E-state index < -0.39 is 23.7 Å². The summed E-state index contributed by atoms with van der Waals surface area (Å²) in [6, 6.07) is 11.4. The monoisotopic (exact) mass is 385 g/mol. The van der Waals surface area contributed by atoms with Crippen LogP contribution in [0, 0.1) is 5.92 Å². The lowest BCUT2D eigenvalue weighted by Gasteiger charge is -2.18. The highest BCUT2D eigenvalue weighted by molar-refractivity contribution is 6.33. The van der Waals surface area contributed by atoms with Gasteiger partial charge in [0.1, 0.15) is 0 Å². The van der Waals surface area contributed by atoms with Crippen molar-refractivity contribution in [3.63, 3.8) is 0 Å². The summed E-state index contributed by atoms with van der Waals surface area (Å²) in [4.78, 5) is 12.8. The van der Waals surface area contributed by atoms with E-state index >= 15 is 0 Å².